The average molecular weight is 303 g/mol. The van der Waals surface area contributed by atoms with Gasteiger partial charge >= 0.3 is 6.09 Å². The topological polar surface area (TPSA) is 58.8 Å². The van der Waals surface area contributed by atoms with Crippen LogP contribution in [-0.4, -0.2) is 54.2 Å². The molecule has 1 aromatic carbocycles. The summed E-state index contributed by atoms with van der Waals surface area (Å²) >= 11 is 0. The highest BCUT2D eigenvalue weighted by molar-refractivity contribution is 5.67. The van der Waals surface area contributed by atoms with Crippen LogP contribution in [0.5, 0.6) is 0 Å². The molecule has 22 heavy (non-hydrogen) atoms. The average Bonchev–Trinajstić information content (AvgIpc) is 3.00. The van der Waals surface area contributed by atoms with Crippen LogP contribution in [0.15, 0.2) is 30.3 Å². The van der Waals surface area contributed by atoms with Gasteiger partial charge in [-0.05, 0) is 24.8 Å². The van der Waals surface area contributed by atoms with E-state index >= 15 is 0 Å². The maximum atomic E-state index is 12.1. The van der Waals surface area contributed by atoms with Crippen LogP contribution in [0.25, 0.3) is 0 Å². The van der Waals surface area contributed by atoms with Crippen molar-refractivity contribution < 1.29 is 9.53 Å². The highest BCUT2D eigenvalue weighted by Gasteiger charge is 2.30. The van der Waals surface area contributed by atoms with Crippen LogP contribution in [0, 0.1) is 0 Å². The first-order valence-electron chi connectivity index (χ1n) is 8.17. The number of ether oxygens (including phenoxy) is 1. The minimum atomic E-state index is -0.194. The number of hydrogen-bond acceptors (Lipinski definition) is 4. The van der Waals surface area contributed by atoms with Gasteiger partial charge in [0.05, 0.1) is 0 Å². The largest absolute Gasteiger partial charge is 0.445 e. The molecule has 120 valence electrons. The van der Waals surface area contributed by atoms with Crippen LogP contribution in [-0.2, 0) is 11.3 Å². The fourth-order valence-corrected chi connectivity index (χ4v) is 3.37. The third kappa shape index (κ3) is 3.78. The molecular weight excluding hydrogens is 278 g/mol. The lowest BCUT2D eigenvalue weighted by molar-refractivity contribution is 0.0725. The summed E-state index contributed by atoms with van der Waals surface area (Å²) in [4.78, 5) is 16.4. The third-order valence-corrected chi connectivity index (χ3v) is 4.70. The zero-order valence-electron chi connectivity index (χ0n) is 13.0. The van der Waals surface area contributed by atoms with Crippen molar-refractivity contribution in [2.75, 3.05) is 26.2 Å². The van der Waals surface area contributed by atoms with Crippen LogP contribution < -0.4 is 5.73 Å². The molecule has 0 bridgehead atoms. The van der Waals surface area contributed by atoms with Crippen LogP contribution >= 0.6 is 0 Å². The molecule has 2 fully saturated rings. The van der Waals surface area contributed by atoms with E-state index in [0.29, 0.717) is 18.7 Å². The van der Waals surface area contributed by atoms with Crippen molar-refractivity contribution in [1.29, 1.82) is 0 Å². The van der Waals surface area contributed by atoms with Crippen molar-refractivity contribution >= 4 is 6.09 Å². The Hall–Kier alpha value is -1.59. The van der Waals surface area contributed by atoms with Gasteiger partial charge in [-0.3, -0.25) is 4.90 Å². The molecule has 0 radical (unpaired) electrons. The summed E-state index contributed by atoms with van der Waals surface area (Å²) in [5, 5.41) is 0. The van der Waals surface area contributed by atoms with E-state index in [0.717, 1.165) is 51.0 Å². The Bertz CT molecular complexity index is 486. The lowest BCUT2D eigenvalue weighted by Crippen LogP contribution is -2.46. The number of benzene rings is 1. The second kappa shape index (κ2) is 7.11. The van der Waals surface area contributed by atoms with Gasteiger partial charge in [0.15, 0.2) is 0 Å². The predicted octanol–water partition coefficient (Wildman–Crippen LogP) is 1.82. The van der Waals surface area contributed by atoms with Gasteiger partial charge in [-0.25, -0.2) is 4.79 Å². The first kappa shape index (κ1) is 15.3. The smallest absolute Gasteiger partial charge is 0.410 e. The molecule has 3 rings (SSSR count). The van der Waals surface area contributed by atoms with Crippen LogP contribution in [0.1, 0.15) is 24.8 Å². The molecule has 0 unspecified atom stereocenters. The maximum Gasteiger partial charge on any atom is 0.410 e. The summed E-state index contributed by atoms with van der Waals surface area (Å²) in [5.74, 6) is 0. The number of piperidine rings is 1. The fraction of sp³-hybridized carbons (Fsp3) is 0.588. The van der Waals surface area contributed by atoms with Crippen molar-refractivity contribution in [1.82, 2.24) is 9.80 Å². The molecule has 2 aliphatic rings. The van der Waals surface area contributed by atoms with E-state index in [9.17, 15) is 4.79 Å². The number of nitrogens with zero attached hydrogens (tertiary/aromatic N) is 2. The molecule has 0 saturated carbocycles. The van der Waals surface area contributed by atoms with E-state index in [1.165, 1.54) is 0 Å². The first-order chi connectivity index (χ1) is 10.7. The highest BCUT2D eigenvalue weighted by Crippen LogP contribution is 2.21. The van der Waals surface area contributed by atoms with Crippen LogP contribution in [0.3, 0.4) is 0 Å². The van der Waals surface area contributed by atoms with Gasteiger partial charge in [0.25, 0.3) is 0 Å². The lowest BCUT2D eigenvalue weighted by Gasteiger charge is -2.36. The molecule has 0 spiro atoms. The van der Waals surface area contributed by atoms with Gasteiger partial charge in [-0.15, -0.1) is 0 Å². The number of carbonyl (C=O) groups excluding carboxylic acids is 1. The first-order valence-corrected chi connectivity index (χ1v) is 8.17. The predicted molar refractivity (Wildman–Crippen MR) is 85.4 cm³/mol. The summed E-state index contributed by atoms with van der Waals surface area (Å²) in [6.45, 7) is 4.02. The summed E-state index contributed by atoms with van der Waals surface area (Å²) in [6.07, 6.45) is 2.94. The standard InChI is InChI=1S/C17H25N3O2/c18-15-6-9-20(12-15)16-7-10-19(11-8-16)17(21)22-13-14-4-2-1-3-5-14/h1-5,15-16H,6-13,18H2/t15-/m1/s1. The quantitative estimate of drug-likeness (QED) is 0.925. The minimum Gasteiger partial charge on any atom is -0.445 e. The van der Waals surface area contributed by atoms with E-state index in [2.05, 4.69) is 4.90 Å². The van der Waals surface area contributed by atoms with Crippen molar-refractivity contribution in [2.45, 2.75) is 38.0 Å². The van der Waals surface area contributed by atoms with E-state index in [-0.39, 0.29) is 6.09 Å². The van der Waals surface area contributed by atoms with Crippen molar-refractivity contribution in [3.8, 4) is 0 Å². The number of likely N-dealkylation sites (tertiary alicyclic amines) is 2. The van der Waals surface area contributed by atoms with E-state index in [4.69, 9.17) is 10.5 Å². The Morgan fingerprint density at radius 2 is 1.86 bits per heavy atom. The van der Waals surface area contributed by atoms with Crippen LogP contribution in [0.2, 0.25) is 0 Å². The monoisotopic (exact) mass is 303 g/mol. The number of rotatable bonds is 3. The molecule has 5 heteroatoms. The Labute approximate surface area is 132 Å². The second-order valence-electron chi connectivity index (χ2n) is 6.30. The molecule has 0 aromatic heterocycles. The van der Waals surface area contributed by atoms with E-state index < -0.39 is 0 Å². The number of hydrogen-bond donors (Lipinski definition) is 1. The Morgan fingerprint density at radius 3 is 2.50 bits per heavy atom. The van der Waals surface area contributed by atoms with Gasteiger partial charge in [-0.1, -0.05) is 30.3 Å². The fourth-order valence-electron chi connectivity index (χ4n) is 3.37. The third-order valence-electron chi connectivity index (χ3n) is 4.70. The normalized spacial score (nSPS) is 23.7. The maximum absolute atomic E-state index is 12.1. The van der Waals surface area contributed by atoms with Crippen molar-refractivity contribution in [3.63, 3.8) is 0 Å². The van der Waals surface area contributed by atoms with Gasteiger partial charge in [0.2, 0.25) is 0 Å². The second-order valence-corrected chi connectivity index (χ2v) is 6.30. The molecule has 1 amide bonds. The van der Waals surface area contributed by atoms with E-state index in [1.54, 1.807) is 0 Å². The molecule has 2 heterocycles. The number of carbonyl (C=O) groups is 1. The van der Waals surface area contributed by atoms with Gasteiger partial charge < -0.3 is 15.4 Å². The minimum absolute atomic E-state index is 0.194. The highest BCUT2D eigenvalue weighted by atomic mass is 16.6. The van der Waals surface area contributed by atoms with Gasteiger partial charge in [0.1, 0.15) is 6.61 Å². The summed E-state index contributed by atoms with van der Waals surface area (Å²) in [5.41, 5.74) is 7.00. The van der Waals surface area contributed by atoms with Crippen LogP contribution in [0.4, 0.5) is 4.79 Å². The zero-order chi connectivity index (χ0) is 15.4. The van der Waals surface area contributed by atoms with Gasteiger partial charge in [-0.2, -0.15) is 0 Å². The molecule has 1 atom stereocenters. The van der Waals surface area contributed by atoms with Gasteiger partial charge in [0, 0.05) is 38.3 Å². The molecule has 5 nitrogen and oxygen atoms in total. The summed E-state index contributed by atoms with van der Waals surface area (Å²) in [6, 6.07) is 10.7. The molecule has 1 aromatic rings. The molecule has 0 aliphatic carbocycles. The molecular formula is C17H25N3O2. The lowest BCUT2D eigenvalue weighted by atomic mass is 10.0. The van der Waals surface area contributed by atoms with E-state index in [1.807, 2.05) is 35.2 Å². The number of nitrogens with two attached hydrogens (primary N) is 1. The molecule has 2 N–H and O–H groups in total. The molecule has 2 aliphatic heterocycles. The SMILES string of the molecule is N[C@@H]1CCN(C2CCN(C(=O)OCc3ccccc3)CC2)C1. The Balaban J connectivity index is 1.42. The molecule has 2 saturated heterocycles. The summed E-state index contributed by atoms with van der Waals surface area (Å²) < 4.78 is 5.40. The van der Waals surface area contributed by atoms with Crippen molar-refractivity contribution in [2.24, 2.45) is 5.73 Å². The Morgan fingerprint density at radius 1 is 1.14 bits per heavy atom. The zero-order valence-corrected chi connectivity index (χ0v) is 13.0. The Kier molecular flexibility index (Phi) is 4.95. The summed E-state index contributed by atoms with van der Waals surface area (Å²) in [7, 11) is 0. The number of amides is 1. The van der Waals surface area contributed by atoms with Crippen molar-refractivity contribution in [3.05, 3.63) is 35.9 Å².